The Morgan fingerprint density at radius 2 is 1.72 bits per heavy atom. The van der Waals surface area contributed by atoms with Gasteiger partial charge in [-0.15, -0.1) is 5.10 Å². The Hall–Kier alpha value is -4.87. The molecular weight excluding hydrogens is 500 g/mol. The SMILES string of the molecule is CCn1c(=O)c2c(nc(C(C)C)n2Cc2ccc(-c3ccccc3-c3nnn[nH]3)cc2)n(CC(=O)OC)c1=O. The molecule has 0 aliphatic heterocycles. The predicted octanol–water partition coefficient (Wildman–Crippen LogP) is 2.57. The van der Waals surface area contributed by atoms with E-state index in [4.69, 9.17) is 4.74 Å². The van der Waals surface area contributed by atoms with Gasteiger partial charge in [-0.05, 0) is 34.0 Å². The van der Waals surface area contributed by atoms with Crippen molar-refractivity contribution in [1.29, 1.82) is 0 Å². The van der Waals surface area contributed by atoms with Crippen molar-refractivity contribution >= 4 is 17.1 Å². The maximum atomic E-state index is 13.5. The molecule has 12 nitrogen and oxygen atoms in total. The number of tetrazole rings is 1. The first-order valence-corrected chi connectivity index (χ1v) is 12.6. The van der Waals surface area contributed by atoms with Crippen LogP contribution in [-0.4, -0.2) is 52.4 Å². The summed E-state index contributed by atoms with van der Waals surface area (Å²) in [6, 6.07) is 15.8. The van der Waals surface area contributed by atoms with Gasteiger partial charge in [0.1, 0.15) is 12.4 Å². The molecule has 0 amide bonds. The van der Waals surface area contributed by atoms with Crippen LogP contribution >= 0.6 is 0 Å². The van der Waals surface area contributed by atoms with Crippen LogP contribution in [0.1, 0.15) is 38.1 Å². The van der Waals surface area contributed by atoms with Gasteiger partial charge in [0.2, 0.25) is 0 Å². The van der Waals surface area contributed by atoms with E-state index in [0.717, 1.165) is 26.8 Å². The maximum absolute atomic E-state index is 13.5. The molecule has 39 heavy (non-hydrogen) atoms. The molecule has 0 fully saturated rings. The standard InChI is InChI=1S/C27H28N8O4/c1-5-33-26(37)22-25(35(27(33)38)15-21(36)39-4)28-24(16(2)3)34(22)14-17-10-12-18(13-11-17)19-8-6-7-9-20(19)23-29-31-32-30-23/h6-13,16H,5,14-15H2,1-4H3,(H,29,30,31,32). The van der Waals surface area contributed by atoms with Gasteiger partial charge in [-0.25, -0.2) is 14.9 Å². The molecule has 12 heteroatoms. The summed E-state index contributed by atoms with van der Waals surface area (Å²) in [6.45, 7) is 5.83. The number of nitrogens with one attached hydrogen (secondary N) is 1. The predicted molar refractivity (Wildman–Crippen MR) is 144 cm³/mol. The Labute approximate surface area is 222 Å². The van der Waals surface area contributed by atoms with E-state index in [9.17, 15) is 14.4 Å². The number of aromatic amines is 1. The van der Waals surface area contributed by atoms with Crippen LogP contribution in [0.25, 0.3) is 33.7 Å². The maximum Gasteiger partial charge on any atom is 0.333 e. The van der Waals surface area contributed by atoms with E-state index in [-0.39, 0.29) is 30.2 Å². The van der Waals surface area contributed by atoms with Gasteiger partial charge in [0.05, 0.1) is 7.11 Å². The first-order valence-electron chi connectivity index (χ1n) is 12.6. The molecule has 0 unspecified atom stereocenters. The molecule has 0 bridgehead atoms. The molecule has 0 atom stereocenters. The van der Waals surface area contributed by atoms with Gasteiger partial charge in [-0.3, -0.25) is 18.7 Å². The van der Waals surface area contributed by atoms with Gasteiger partial charge in [0.25, 0.3) is 5.56 Å². The number of aromatic nitrogens is 8. The molecule has 0 spiro atoms. The van der Waals surface area contributed by atoms with Crippen LogP contribution in [0.5, 0.6) is 0 Å². The number of nitrogens with zero attached hydrogens (tertiary/aromatic N) is 7. The molecule has 0 saturated carbocycles. The van der Waals surface area contributed by atoms with E-state index in [2.05, 4.69) is 25.6 Å². The van der Waals surface area contributed by atoms with Crippen LogP contribution in [0, 0.1) is 0 Å². The van der Waals surface area contributed by atoms with Crippen molar-refractivity contribution in [3.63, 3.8) is 0 Å². The summed E-state index contributed by atoms with van der Waals surface area (Å²) >= 11 is 0. The Morgan fingerprint density at radius 1 is 1.00 bits per heavy atom. The zero-order valence-electron chi connectivity index (χ0n) is 22.1. The lowest BCUT2D eigenvalue weighted by molar-refractivity contribution is -0.141. The van der Waals surface area contributed by atoms with Crippen molar-refractivity contribution in [2.24, 2.45) is 0 Å². The second-order valence-corrected chi connectivity index (χ2v) is 9.37. The first-order chi connectivity index (χ1) is 18.8. The number of hydrogen-bond donors (Lipinski definition) is 1. The van der Waals surface area contributed by atoms with Gasteiger partial charge < -0.3 is 9.30 Å². The largest absolute Gasteiger partial charge is 0.468 e. The highest BCUT2D eigenvalue weighted by Crippen LogP contribution is 2.30. The third-order valence-corrected chi connectivity index (χ3v) is 6.62. The Kier molecular flexibility index (Phi) is 6.92. The normalized spacial score (nSPS) is 11.4. The second kappa shape index (κ2) is 10.5. The first kappa shape index (κ1) is 25.8. The lowest BCUT2D eigenvalue weighted by atomic mass is 9.98. The van der Waals surface area contributed by atoms with E-state index in [1.165, 1.54) is 11.7 Å². The highest BCUT2D eigenvalue weighted by Gasteiger charge is 2.24. The van der Waals surface area contributed by atoms with Crippen LogP contribution < -0.4 is 11.2 Å². The van der Waals surface area contributed by atoms with Crippen molar-refractivity contribution in [2.75, 3.05) is 7.11 Å². The Bertz CT molecular complexity index is 1760. The third-order valence-electron chi connectivity index (χ3n) is 6.62. The zero-order chi connectivity index (χ0) is 27.7. The van der Waals surface area contributed by atoms with Crippen molar-refractivity contribution in [3.05, 3.63) is 80.8 Å². The van der Waals surface area contributed by atoms with E-state index in [0.29, 0.717) is 18.2 Å². The number of carbonyl (C=O) groups is 1. The smallest absolute Gasteiger partial charge is 0.333 e. The van der Waals surface area contributed by atoms with Gasteiger partial charge in [0, 0.05) is 24.6 Å². The molecular formula is C27H28N8O4. The lowest BCUT2D eigenvalue weighted by Gasteiger charge is -2.13. The molecule has 0 aliphatic rings. The number of methoxy groups -OCH3 is 1. The van der Waals surface area contributed by atoms with Crippen molar-refractivity contribution in [1.82, 2.24) is 39.3 Å². The van der Waals surface area contributed by atoms with Crippen LogP contribution in [0.15, 0.2) is 58.1 Å². The van der Waals surface area contributed by atoms with E-state index < -0.39 is 17.2 Å². The molecule has 5 aromatic rings. The average Bonchev–Trinajstić information content (AvgIpc) is 3.61. The third kappa shape index (κ3) is 4.65. The number of carbonyl (C=O) groups excluding carboxylic acids is 1. The summed E-state index contributed by atoms with van der Waals surface area (Å²) in [7, 11) is 1.25. The minimum Gasteiger partial charge on any atom is -0.468 e. The fourth-order valence-corrected chi connectivity index (χ4v) is 4.71. The summed E-state index contributed by atoms with van der Waals surface area (Å²) in [5.74, 6) is 0.570. The van der Waals surface area contributed by atoms with Gasteiger partial charge in [-0.2, -0.15) is 0 Å². The van der Waals surface area contributed by atoms with Crippen molar-refractivity contribution in [2.45, 2.75) is 46.3 Å². The molecule has 0 aliphatic carbocycles. The number of benzene rings is 2. The molecule has 0 saturated heterocycles. The molecule has 0 radical (unpaired) electrons. The fraction of sp³-hybridized carbons (Fsp3) is 0.296. The molecule has 3 aromatic heterocycles. The summed E-state index contributed by atoms with van der Waals surface area (Å²) < 4.78 is 8.96. The molecule has 3 heterocycles. The second-order valence-electron chi connectivity index (χ2n) is 9.37. The average molecular weight is 529 g/mol. The van der Waals surface area contributed by atoms with Crippen LogP contribution in [0.3, 0.4) is 0 Å². The minimum atomic E-state index is -0.600. The van der Waals surface area contributed by atoms with Crippen LogP contribution in [0.4, 0.5) is 0 Å². The minimum absolute atomic E-state index is 0.0461. The van der Waals surface area contributed by atoms with Gasteiger partial charge >= 0.3 is 11.7 Å². The Morgan fingerprint density at radius 3 is 2.33 bits per heavy atom. The number of esters is 1. The van der Waals surface area contributed by atoms with E-state index >= 15 is 0 Å². The summed E-state index contributed by atoms with van der Waals surface area (Å²) in [5.41, 5.74) is 3.18. The highest BCUT2D eigenvalue weighted by molar-refractivity contribution is 5.80. The number of rotatable bonds is 8. The van der Waals surface area contributed by atoms with E-state index in [1.807, 2.05) is 66.9 Å². The van der Waals surface area contributed by atoms with Crippen molar-refractivity contribution < 1.29 is 9.53 Å². The summed E-state index contributed by atoms with van der Waals surface area (Å²) in [4.78, 5) is 43.3. The molecule has 1 N–H and O–H groups in total. The summed E-state index contributed by atoms with van der Waals surface area (Å²) in [5, 5.41) is 14.2. The zero-order valence-corrected chi connectivity index (χ0v) is 22.1. The number of imidazole rings is 1. The number of fused-ring (bicyclic) bond motifs is 1. The molecule has 2 aromatic carbocycles. The van der Waals surface area contributed by atoms with E-state index in [1.54, 1.807) is 6.92 Å². The van der Waals surface area contributed by atoms with Gasteiger partial charge in [0.15, 0.2) is 17.0 Å². The molecule has 200 valence electrons. The fourth-order valence-electron chi connectivity index (χ4n) is 4.71. The van der Waals surface area contributed by atoms with Crippen LogP contribution in [0.2, 0.25) is 0 Å². The topological polar surface area (TPSA) is 143 Å². The highest BCUT2D eigenvalue weighted by atomic mass is 16.5. The number of hydrogen-bond acceptors (Lipinski definition) is 8. The Balaban J connectivity index is 1.60. The van der Waals surface area contributed by atoms with Crippen molar-refractivity contribution in [3.8, 4) is 22.5 Å². The lowest BCUT2D eigenvalue weighted by Crippen LogP contribution is -2.41. The van der Waals surface area contributed by atoms with Gasteiger partial charge in [-0.1, -0.05) is 62.4 Å². The number of H-pyrrole nitrogens is 1. The quantitative estimate of drug-likeness (QED) is 0.303. The summed E-state index contributed by atoms with van der Waals surface area (Å²) in [6.07, 6.45) is 0. The number of ether oxygens (including phenoxy) is 1. The monoisotopic (exact) mass is 528 g/mol. The molecule has 5 rings (SSSR count). The van der Waals surface area contributed by atoms with Crippen LogP contribution in [-0.2, 0) is 29.2 Å².